The fourth-order valence-corrected chi connectivity index (χ4v) is 4.55. The molecule has 0 spiro atoms. The molecule has 1 fully saturated rings. The lowest BCUT2D eigenvalue weighted by Gasteiger charge is -2.42. The van der Waals surface area contributed by atoms with Gasteiger partial charge in [0.1, 0.15) is 0 Å². The highest BCUT2D eigenvalue weighted by Crippen LogP contribution is 2.37. The van der Waals surface area contributed by atoms with Gasteiger partial charge in [0, 0.05) is 12.1 Å². The maximum absolute atomic E-state index is 6.06. The molecule has 3 unspecified atom stereocenters. The van der Waals surface area contributed by atoms with Crippen LogP contribution in [0.2, 0.25) is 0 Å². The summed E-state index contributed by atoms with van der Waals surface area (Å²) >= 11 is 0. The van der Waals surface area contributed by atoms with Crippen LogP contribution in [0, 0.1) is 5.92 Å². The van der Waals surface area contributed by atoms with Gasteiger partial charge < -0.3 is 5.73 Å². The van der Waals surface area contributed by atoms with Gasteiger partial charge >= 0.3 is 0 Å². The number of nitrogens with two attached hydrogens (primary N) is 1. The van der Waals surface area contributed by atoms with E-state index in [1.165, 1.54) is 51.4 Å². The molecule has 0 heterocycles. The van der Waals surface area contributed by atoms with Crippen LogP contribution in [0.4, 0.5) is 0 Å². The molecule has 3 atom stereocenters. The zero-order chi connectivity index (χ0) is 14.7. The molecule has 2 N–H and O–H groups in total. The molecule has 21 heavy (non-hydrogen) atoms. The molecule has 2 nitrogen and oxygen atoms in total. The van der Waals surface area contributed by atoms with Crippen molar-refractivity contribution >= 4 is 0 Å². The van der Waals surface area contributed by atoms with Gasteiger partial charge in [0.25, 0.3) is 0 Å². The molecule has 1 saturated carbocycles. The molecule has 0 aliphatic heterocycles. The first kappa shape index (κ1) is 15.1. The van der Waals surface area contributed by atoms with Gasteiger partial charge in [0.15, 0.2) is 0 Å². The number of rotatable bonds is 3. The summed E-state index contributed by atoms with van der Waals surface area (Å²) in [5, 5.41) is 0. The summed E-state index contributed by atoms with van der Waals surface area (Å²) in [5.41, 5.74) is 9.22. The summed E-state index contributed by atoms with van der Waals surface area (Å²) in [7, 11) is 2.35. The third-order valence-electron chi connectivity index (χ3n) is 5.77. The Hall–Kier alpha value is -0.860. The minimum absolute atomic E-state index is 0.598. The van der Waals surface area contributed by atoms with Gasteiger partial charge in [-0.25, -0.2) is 0 Å². The second kappa shape index (κ2) is 6.93. The minimum Gasteiger partial charge on any atom is -0.330 e. The Morgan fingerprint density at radius 3 is 2.67 bits per heavy atom. The Morgan fingerprint density at radius 1 is 1.05 bits per heavy atom. The van der Waals surface area contributed by atoms with Crippen LogP contribution in [-0.4, -0.2) is 24.5 Å². The summed E-state index contributed by atoms with van der Waals surface area (Å²) in [6.45, 7) is 0.851. The number of aryl methyl sites for hydroxylation is 1. The van der Waals surface area contributed by atoms with E-state index in [2.05, 4.69) is 36.2 Å². The lowest BCUT2D eigenvalue weighted by molar-refractivity contribution is 0.0870. The van der Waals surface area contributed by atoms with Crippen LogP contribution in [0.1, 0.15) is 62.1 Å². The molecule has 0 amide bonds. The van der Waals surface area contributed by atoms with Crippen molar-refractivity contribution in [2.45, 2.75) is 63.5 Å². The fraction of sp³-hybridized carbons (Fsp3) is 0.684. The number of hydrogen-bond acceptors (Lipinski definition) is 2. The second-order valence-electron chi connectivity index (χ2n) is 6.97. The van der Waals surface area contributed by atoms with E-state index in [4.69, 9.17) is 5.73 Å². The van der Waals surface area contributed by atoms with Gasteiger partial charge in [-0.05, 0) is 62.7 Å². The van der Waals surface area contributed by atoms with Crippen molar-refractivity contribution in [1.82, 2.24) is 4.90 Å². The first-order valence-electron chi connectivity index (χ1n) is 8.81. The first-order chi connectivity index (χ1) is 10.3. The second-order valence-corrected chi connectivity index (χ2v) is 6.97. The predicted molar refractivity (Wildman–Crippen MR) is 89.3 cm³/mol. The van der Waals surface area contributed by atoms with Gasteiger partial charge in [-0.15, -0.1) is 0 Å². The lowest BCUT2D eigenvalue weighted by Crippen LogP contribution is -2.44. The van der Waals surface area contributed by atoms with Crippen molar-refractivity contribution in [3.05, 3.63) is 35.4 Å². The zero-order valence-corrected chi connectivity index (χ0v) is 13.4. The summed E-state index contributed by atoms with van der Waals surface area (Å²) < 4.78 is 0. The highest BCUT2D eigenvalue weighted by molar-refractivity contribution is 5.31. The van der Waals surface area contributed by atoms with E-state index in [1.54, 1.807) is 11.1 Å². The van der Waals surface area contributed by atoms with Crippen molar-refractivity contribution < 1.29 is 0 Å². The van der Waals surface area contributed by atoms with Crippen LogP contribution >= 0.6 is 0 Å². The van der Waals surface area contributed by atoms with Gasteiger partial charge in [0.2, 0.25) is 0 Å². The molecule has 0 bridgehead atoms. The third-order valence-corrected chi connectivity index (χ3v) is 5.77. The van der Waals surface area contributed by atoms with Crippen LogP contribution in [0.15, 0.2) is 24.3 Å². The van der Waals surface area contributed by atoms with Gasteiger partial charge in [0.05, 0.1) is 0 Å². The summed E-state index contributed by atoms with van der Waals surface area (Å²) in [4.78, 5) is 2.68. The van der Waals surface area contributed by atoms with E-state index in [-0.39, 0.29) is 0 Å². The van der Waals surface area contributed by atoms with E-state index < -0.39 is 0 Å². The quantitative estimate of drug-likeness (QED) is 0.854. The third kappa shape index (κ3) is 3.17. The molecular weight excluding hydrogens is 256 g/mol. The highest BCUT2D eigenvalue weighted by Gasteiger charge is 2.32. The Bertz CT molecular complexity index is 457. The number of nitrogens with zero attached hydrogens (tertiary/aromatic N) is 1. The SMILES string of the molecule is CN(C1CCCCc2ccccc21)C1CCCCC1CN. The average molecular weight is 286 g/mol. The maximum atomic E-state index is 6.06. The van der Waals surface area contributed by atoms with E-state index in [0.29, 0.717) is 18.0 Å². The van der Waals surface area contributed by atoms with Crippen LogP contribution in [0.5, 0.6) is 0 Å². The molecule has 2 aliphatic rings. The predicted octanol–water partition coefficient (Wildman–Crippen LogP) is 3.90. The van der Waals surface area contributed by atoms with Crippen molar-refractivity contribution in [2.24, 2.45) is 11.7 Å². The zero-order valence-electron chi connectivity index (χ0n) is 13.4. The largest absolute Gasteiger partial charge is 0.330 e. The smallest absolute Gasteiger partial charge is 0.0350 e. The highest BCUT2D eigenvalue weighted by atomic mass is 15.2. The van der Waals surface area contributed by atoms with Crippen molar-refractivity contribution in [3.8, 4) is 0 Å². The van der Waals surface area contributed by atoms with Crippen LogP contribution in [0.3, 0.4) is 0 Å². The summed E-state index contributed by atoms with van der Waals surface area (Å²) in [6, 6.07) is 10.4. The van der Waals surface area contributed by atoms with Crippen LogP contribution in [0.25, 0.3) is 0 Å². The first-order valence-corrected chi connectivity index (χ1v) is 8.81. The molecular formula is C19H30N2. The molecule has 2 aliphatic carbocycles. The van der Waals surface area contributed by atoms with Crippen LogP contribution < -0.4 is 5.73 Å². The van der Waals surface area contributed by atoms with E-state index in [0.717, 1.165) is 6.54 Å². The average Bonchev–Trinajstić information content (AvgIpc) is 2.76. The van der Waals surface area contributed by atoms with E-state index in [1.807, 2.05) is 0 Å². The van der Waals surface area contributed by atoms with E-state index in [9.17, 15) is 0 Å². The van der Waals surface area contributed by atoms with Crippen molar-refractivity contribution in [1.29, 1.82) is 0 Å². The Balaban J connectivity index is 1.84. The van der Waals surface area contributed by atoms with Gasteiger partial charge in [-0.3, -0.25) is 4.90 Å². The Kier molecular flexibility index (Phi) is 4.97. The van der Waals surface area contributed by atoms with Crippen LogP contribution in [-0.2, 0) is 6.42 Å². The summed E-state index contributed by atoms with van der Waals surface area (Å²) in [6.07, 6.45) is 10.6. The molecule has 116 valence electrons. The van der Waals surface area contributed by atoms with Crippen molar-refractivity contribution in [3.63, 3.8) is 0 Å². The number of benzene rings is 1. The van der Waals surface area contributed by atoms with E-state index >= 15 is 0 Å². The fourth-order valence-electron chi connectivity index (χ4n) is 4.55. The van der Waals surface area contributed by atoms with Gasteiger partial charge in [-0.1, -0.05) is 43.5 Å². The molecule has 1 aromatic rings. The molecule has 2 heteroatoms. The monoisotopic (exact) mass is 286 g/mol. The summed E-state index contributed by atoms with van der Waals surface area (Å²) in [5.74, 6) is 0.694. The standard InChI is InChI=1S/C19H30N2/c1-21(18-12-6-4-10-16(18)14-20)19-13-7-3-9-15-8-2-5-11-17(15)19/h2,5,8,11,16,18-19H,3-4,6-7,9-10,12-14,20H2,1H3. The normalized spacial score (nSPS) is 30.0. The van der Waals surface area contributed by atoms with Gasteiger partial charge in [-0.2, -0.15) is 0 Å². The topological polar surface area (TPSA) is 29.3 Å². The maximum Gasteiger partial charge on any atom is 0.0350 e. The Morgan fingerprint density at radius 2 is 1.81 bits per heavy atom. The molecule has 0 saturated heterocycles. The lowest BCUT2D eigenvalue weighted by atomic mass is 9.82. The Labute approximate surface area is 129 Å². The molecule has 1 aromatic carbocycles. The molecule has 0 aromatic heterocycles. The molecule has 0 radical (unpaired) electrons. The minimum atomic E-state index is 0.598. The number of fused-ring (bicyclic) bond motifs is 1. The molecule has 3 rings (SSSR count). The van der Waals surface area contributed by atoms with Crippen molar-refractivity contribution in [2.75, 3.05) is 13.6 Å². The number of hydrogen-bond donors (Lipinski definition) is 1.